The van der Waals surface area contributed by atoms with E-state index in [-0.39, 0.29) is 11.8 Å². The summed E-state index contributed by atoms with van der Waals surface area (Å²) in [5.74, 6) is -0.329. The lowest BCUT2D eigenvalue weighted by molar-refractivity contribution is -0.124. The fourth-order valence-corrected chi connectivity index (χ4v) is 1.71. The molecule has 1 rings (SSSR count). The highest BCUT2D eigenvalue weighted by atomic mass is 16.3. The van der Waals surface area contributed by atoms with Gasteiger partial charge in [-0.3, -0.25) is 10.1 Å². The van der Waals surface area contributed by atoms with Gasteiger partial charge in [0.2, 0.25) is 5.91 Å². The first kappa shape index (κ1) is 13.5. The van der Waals surface area contributed by atoms with E-state index in [1.165, 1.54) is 0 Å². The molecule has 0 spiro atoms. The Kier molecular flexibility index (Phi) is 4.12. The molecule has 1 amide bonds. The maximum atomic E-state index is 11.7. The molecule has 0 saturated heterocycles. The van der Waals surface area contributed by atoms with E-state index in [9.17, 15) is 9.90 Å². The third-order valence-electron chi connectivity index (χ3n) is 3.06. The number of carbonyl (C=O) groups excluding carboxylic acids is 1. The van der Waals surface area contributed by atoms with Gasteiger partial charge in [-0.2, -0.15) is 0 Å². The van der Waals surface area contributed by atoms with Crippen LogP contribution in [0.25, 0.3) is 0 Å². The third kappa shape index (κ3) is 2.97. The van der Waals surface area contributed by atoms with Gasteiger partial charge in [-0.25, -0.2) is 0 Å². The molecule has 0 aliphatic heterocycles. The number of primary amides is 1. The highest BCUT2D eigenvalue weighted by Crippen LogP contribution is 2.24. The van der Waals surface area contributed by atoms with Crippen molar-refractivity contribution in [2.24, 2.45) is 5.73 Å². The van der Waals surface area contributed by atoms with Crippen molar-refractivity contribution in [3.05, 3.63) is 29.8 Å². The van der Waals surface area contributed by atoms with Gasteiger partial charge in [0.05, 0.1) is 0 Å². The predicted octanol–water partition coefficient (Wildman–Crippen LogP) is 1.48. The molecule has 2 unspecified atom stereocenters. The standard InChI is InChI=1S/C13H20N2O2/c1-4-9(2)15-13(3,12(14)17)10-6-5-7-11(16)8-10/h5-9,15-16H,4H2,1-3H3,(H2,14,17). The zero-order chi connectivity index (χ0) is 13.1. The van der Waals surface area contributed by atoms with Crippen LogP contribution in [-0.4, -0.2) is 17.1 Å². The maximum Gasteiger partial charge on any atom is 0.242 e. The van der Waals surface area contributed by atoms with E-state index < -0.39 is 11.4 Å². The Bertz CT molecular complexity index is 406. The molecule has 0 aromatic heterocycles. The molecule has 4 heteroatoms. The van der Waals surface area contributed by atoms with Crippen molar-refractivity contribution in [3.63, 3.8) is 0 Å². The fourth-order valence-electron chi connectivity index (χ4n) is 1.71. The second-order valence-corrected chi connectivity index (χ2v) is 4.49. The summed E-state index contributed by atoms with van der Waals surface area (Å²) in [4.78, 5) is 11.7. The molecule has 94 valence electrons. The topological polar surface area (TPSA) is 75.3 Å². The van der Waals surface area contributed by atoms with Crippen LogP contribution in [0.4, 0.5) is 0 Å². The van der Waals surface area contributed by atoms with Crippen LogP contribution in [0.15, 0.2) is 24.3 Å². The number of phenolic OH excluding ortho intramolecular Hbond substituents is 1. The average molecular weight is 236 g/mol. The molecule has 1 aromatic carbocycles. The van der Waals surface area contributed by atoms with Crippen LogP contribution in [0, 0.1) is 0 Å². The van der Waals surface area contributed by atoms with Gasteiger partial charge in [0.15, 0.2) is 0 Å². The number of nitrogens with two attached hydrogens (primary N) is 1. The minimum atomic E-state index is -0.964. The van der Waals surface area contributed by atoms with E-state index in [1.807, 2.05) is 13.8 Å². The smallest absolute Gasteiger partial charge is 0.242 e. The molecule has 0 heterocycles. The summed E-state index contributed by atoms with van der Waals surface area (Å²) in [6.07, 6.45) is 0.891. The number of hydrogen-bond acceptors (Lipinski definition) is 3. The van der Waals surface area contributed by atoms with E-state index in [4.69, 9.17) is 5.73 Å². The summed E-state index contributed by atoms with van der Waals surface area (Å²) in [7, 11) is 0. The van der Waals surface area contributed by atoms with Crippen LogP contribution in [0.5, 0.6) is 5.75 Å². The van der Waals surface area contributed by atoms with Gasteiger partial charge in [-0.1, -0.05) is 19.1 Å². The van der Waals surface area contributed by atoms with Gasteiger partial charge in [-0.05, 0) is 38.0 Å². The number of nitrogens with one attached hydrogen (secondary N) is 1. The first-order valence-corrected chi connectivity index (χ1v) is 5.77. The number of hydrogen-bond donors (Lipinski definition) is 3. The number of phenols is 1. The van der Waals surface area contributed by atoms with E-state index in [1.54, 1.807) is 31.2 Å². The molecule has 0 aliphatic rings. The molecule has 4 nitrogen and oxygen atoms in total. The van der Waals surface area contributed by atoms with Crippen LogP contribution in [-0.2, 0) is 10.3 Å². The summed E-state index contributed by atoms with van der Waals surface area (Å²) in [6, 6.07) is 6.76. The number of aromatic hydroxyl groups is 1. The molecule has 0 radical (unpaired) electrons. The number of benzene rings is 1. The van der Waals surface area contributed by atoms with Crippen molar-refractivity contribution < 1.29 is 9.90 Å². The van der Waals surface area contributed by atoms with Crippen LogP contribution < -0.4 is 11.1 Å². The summed E-state index contributed by atoms with van der Waals surface area (Å²) in [5, 5.41) is 12.7. The molecule has 0 fully saturated rings. The Morgan fingerprint density at radius 1 is 1.59 bits per heavy atom. The number of carbonyl (C=O) groups is 1. The van der Waals surface area contributed by atoms with Gasteiger partial charge in [-0.15, -0.1) is 0 Å². The fraction of sp³-hybridized carbons (Fsp3) is 0.462. The van der Waals surface area contributed by atoms with Crippen LogP contribution in [0.3, 0.4) is 0 Å². The Morgan fingerprint density at radius 2 is 2.24 bits per heavy atom. The maximum absolute atomic E-state index is 11.7. The zero-order valence-corrected chi connectivity index (χ0v) is 10.5. The molecule has 17 heavy (non-hydrogen) atoms. The lowest BCUT2D eigenvalue weighted by Gasteiger charge is -2.31. The minimum absolute atomic E-state index is 0.126. The van der Waals surface area contributed by atoms with Crippen molar-refractivity contribution in [2.45, 2.75) is 38.8 Å². The van der Waals surface area contributed by atoms with Crippen molar-refractivity contribution in [1.29, 1.82) is 0 Å². The molecule has 0 bridgehead atoms. The lowest BCUT2D eigenvalue weighted by atomic mass is 9.90. The summed E-state index contributed by atoms with van der Waals surface area (Å²) < 4.78 is 0. The molecule has 0 saturated carbocycles. The molecule has 2 atom stereocenters. The van der Waals surface area contributed by atoms with Crippen LogP contribution in [0.2, 0.25) is 0 Å². The summed E-state index contributed by atoms with van der Waals surface area (Å²) >= 11 is 0. The van der Waals surface area contributed by atoms with Gasteiger partial charge in [0.1, 0.15) is 11.3 Å². The Morgan fingerprint density at radius 3 is 2.71 bits per heavy atom. The van der Waals surface area contributed by atoms with Crippen LogP contribution >= 0.6 is 0 Å². The first-order chi connectivity index (χ1) is 7.90. The van der Waals surface area contributed by atoms with E-state index >= 15 is 0 Å². The van der Waals surface area contributed by atoms with E-state index in [2.05, 4.69) is 5.32 Å². The molecular formula is C13H20N2O2. The van der Waals surface area contributed by atoms with Gasteiger partial charge in [0, 0.05) is 6.04 Å². The molecule has 1 aromatic rings. The van der Waals surface area contributed by atoms with Crippen molar-refractivity contribution in [1.82, 2.24) is 5.32 Å². The normalized spacial score (nSPS) is 16.2. The zero-order valence-electron chi connectivity index (χ0n) is 10.5. The quantitative estimate of drug-likeness (QED) is 0.725. The van der Waals surface area contributed by atoms with Crippen LogP contribution in [0.1, 0.15) is 32.8 Å². The van der Waals surface area contributed by atoms with Crippen molar-refractivity contribution in [3.8, 4) is 5.75 Å². The first-order valence-electron chi connectivity index (χ1n) is 5.77. The number of rotatable bonds is 5. The molecular weight excluding hydrogens is 216 g/mol. The number of amides is 1. The second-order valence-electron chi connectivity index (χ2n) is 4.49. The van der Waals surface area contributed by atoms with Crippen molar-refractivity contribution in [2.75, 3.05) is 0 Å². The predicted molar refractivity (Wildman–Crippen MR) is 67.5 cm³/mol. The summed E-state index contributed by atoms with van der Waals surface area (Å²) in [6.45, 7) is 5.75. The Hall–Kier alpha value is -1.55. The van der Waals surface area contributed by atoms with Gasteiger partial charge in [0.25, 0.3) is 0 Å². The largest absolute Gasteiger partial charge is 0.508 e. The third-order valence-corrected chi connectivity index (χ3v) is 3.06. The molecule has 0 aliphatic carbocycles. The average Bonchev–Trinajstić information content (AvgIpc) is 2.28. The summed E-state index contributed by atoms with van der Waals surface area (Å²) in [5.41, 5.74) is 5.18. The minimum Gasteiger partial charge on any atom is -0.508 e. The van der Waals surface area contributed by atoms with Gasteiger partial charge >= 0.3 is 0 Å². The molecule has 4 N–H and O–H groups in total. The lowest BCUT2D eigenvalue weighted by Crippen LogP contribution is -2.53. The Balaban J connectivity index is 3.11. The monoisotopic (exact) mass is 236 g/mol. The Labute approximate surface area is 102 Å². The second kappa shape index (κ2) is 5.19. The SMILES string of the molecule is CCC(C)NC(C)(C(N)=O)c1cccc(O)c1. The highest BCUT2D eigenvalue weighted by Gasteiger charge is 2.34. The van der Waals surface area contributed by atoms with Gasteiger partial charge < -0.3 is 10.8 Å². The van der Waals surface area contributed by atoms with E-state index in [0.29, 0.717) is 5.56 Å². The van der Waals surface area contributed by atoms with E-state index in [0.717, 1.165) is 6.42 Å². The highest BCUT2D eigenvalue weighted by molar-refractivity contribution is 5.85. The van der Waals surface area contributed by atoms with Crippen molar-refractivity contribution >= 4 is 5.91 Å².